The van der Waals surface area contributed by atoms with E-state index in [4.69, 9.17) is 16.2 Å². The number of anilines is 3. The molecule has 3 rings (SSSR count). The number of ketones is 1. The highest BCUT2D eigenvalue weighted by Crippen LogP contribution is 2.27. The number of amides is 1. The molecule has 0 saturated carbocycles. The Bertz CT molecular complexity index is 968. The molecule has 3 aromatic rings. The molecule has 27 heavy (non-hydrogen) atoms. The van der Waals surface area contributed by atoms with Crippen molar-refractivity contribution in [3.63, 3.8) is 0 Å². The zero-order chi connectivity index (χ0) is 19.4. The van der Waals surface area contributed by atoms with E-state index in [-0.39, 0.29) is 17.9 Å². The second-order valence-corrected chi connectivity index (χ2v) is 6.66. The number of aromatic nitrogens is 2. The number of rotatable bonds is 7. The van der Waals surface area contributed by atoms with Crippen LogP contribution in [0.4, 0.5) is 16.6 Å². The Morgan fingerprint density at radius 3 is 2.52 bits per heavy atom. The molecule has 0 aliphatic carbocycles. The molecule has 0 radical (unpaired) electrons. The van der Waals surface area contributed by atoms with E-state index in [1.165, 1.54) is 11.3 Å². The molecule has 0 unspecified atom stereocenters. The summed E-state index contributed by atoms with van der Waals surface area (Å²) in [4.78, 5) is 32.9. The third-order valence-electron chi connectivity index (χ3n) is 3.70. The van der Waals surface area contributed by atoms with Gasteiger partial charge in [-0.05, 0) is 36.4 Å². The van der Waals surface area contributed by atoms with Crippen molar-refractivity contribution in [3.05, 3.63) is 58.7 Å². The van der Waals surface area contributed by atoms with Crippen LogP contribution in [0.15, 0.2) is 42.6 Å². The molecule has 1 amide bonds. The molecular weight excluding hydrogens is 366 g/mol. The van der Waals surface area contributed by atoms with Crippen LogP contribution >= 0.6 is 11.3 Å². The molecule has 0 atom stereocenters. The van der Waals surface area contributed by atoms with E-state index in [1.54, 1.807) is 49.7 Å². The Morgan fingerprint density at radius 2 is 1.93 bits per heavy atom. The van der Waals surface area contributed by atoms with E-state index in [1.807, 2.05) is 0 Å². The van der Waals surface area contributed by atoms with Crippen molar-refractivity contribution in [1.29, 1.82) is 0 Å². The number of hydrogen-bond donors (Lipinski definition) is 3. The highest BCUT2D eigenvalue weighted by Gasteiger charge is 2.19. The Morgan fingerprint density at radius 1 is 1.19 bits per heavy atom. The van der Waals surface area contributed by atoms with Gasteiger partial charge in [-0.15, -0.1) is 11.3 Å². The van der Waals surface area contributed by atoms with Crippen LogP contribution in [0.25, 0.3) is 0 Å². The van der Waals surface area contributed by atoms with E-state index in [9.17, 15) is 9.59 Å². The summed E-state index contributed by atoms with van der Waals surface area (Å²) in [7, 11) is 1.55. The molecule has 1 aromatic carbocycles. The fourth-order valence-corrected chi connectivity index (χ4v) is 3.33. The Labute approximate surface area is 159 Å². The van der Waals surface area contributed by atoms with Crippen molar-refractivity contribution in [2.45, 2.75) is 6.42 Å². The largest absolute Gasteiger partial charge is 0.497 e. The highest BCUT2D eigenvalue weighted by atomic mass is 32.1. The first-order chi connectivity index (χ1) is 13.0. The van der Waals surface area contributed by atoms with E-state index in [0.717, 1.165) is 0 Å². The molecule has 9 heteroatoms. The molecule has 0 aliphatic rings. The lowest BCUT2D eigenvalue weighted by Gasteiger charge is -2.03. The lowest BCUT2D eigenvalue weighted by Crippen LogP contribution is -2.15. The Kier molecular flexibility index (Phi) is 5.32. The summed E-state index contributed by atoms with van der Waals surface area (Å²) in [6, 6.07) is 10.1. The quantitative estimate of drug-likeness (QED) is 0.533. The summed E-state index contributed by atoms with van der Waals surface area (Å²) < 4.78 is 5.08. The maximum atomic E-state index is 12.5. The van der Waals surface area contributed by atoms with Gasteiger partial charge in [-0.3, -0.25) is 9.59 Å². The number of nitrogens with two attached hydrogens (primary N) is 2. The number of hydrogen-bond acceptors (Lipinski definition) is 8. The fourth-order valence-electron chi connectivity index (χ4n) is 2.35. The number of benzene rings is 1. The number of thiazole rings is 1. The van der Waals surface area contributed by atoms with Gasteiger partial charge in [0.05, 0.1) is 19.0 Å². The van der Waals surface area contributed by atoms with Crippen LogP contribution in [0.1, 0.15) is 25.7 Å². The number of primary amides is 1. The maximum absolute atomic E-state index is 12.5. The zero-order valence-corrected chi connectivity index (χ0v) is 15.2. The number of ether oxygens (including phenoxy) is 1. The molecule has 2 heterocycles. The van der Waals surface area contributed by atoms with Gasteiger partial charge in [0.1, 0.15) is 17.3 Å². The summed E-state index contributed by atoms with van der Waals surface area (Å²) in [6.07, 6.45) is 1.56. The van der Waals surface area contributed by atoms with Gasteiger partial charge in [-0.1, -0.05) is 0 Å². The summed E-state index contributed by atoms with van der Waals surface area (Å²) in [5, 5.41) is 3.47. The van der Waals surface area contributed by atoms with Crippen LogP contribution in [0.2, 0.25) is 0 Å². The molecule has 5 N–H and O–H groups in total. The molecule has 0 aliphatic heterocycles. The number of carbonyl (C=O) groups is 2. The first-order valence-electron chi connectivity index (χ1n) is 7.91. The second-order valence-electron chi connectivity index (χ2n) is 5.58. The number of pyridine rings is 1. The van der Waals surface area contributed by atoms with Crippen molar-refractivity contribution < 1.29 is 14.3 Å². The van der Waals surface area contributed by atoms with Gasteiger partial charge in [0.25, 0.3) is 5.91 Å². The van der Waals surface area contributed by atoms with Gasteiger partial charge in [0.2, 0.25) is 0 Å². The smallest absolute Gasteiger partial charge is 0.268 e. The third-order valence-corrected chi connectivity index (χ3v) is 4.67. The summed E-state index contributed by atoms with van der Waals surface area (Å²) in [6.45, 7) is 0. The predicted octanol–water partition coefficient (Wildman–Crippen LogP) is 2.40. The maximum Gasteiger partial charge on any atom is 0.268 e. The minimum Gasteiger partial charge on any atom is -0.497 e. The first kappa shape index (κ1) is 18.3. The van der Waals surface area contributed by atoms with Gasteiger partial charge < -0.3 is 21.5 Å². The lowest BCUT2D eigenvalue weighted by atomic mass is 10.1. The minimum absolute atomic E-state index is 0.0178. The molecule has 8 nitrogen and oxygen atoms in total. The molecule has 0 spiro atoms. The predicted molar refractivity (Wildman–Crippen MR) is 104 cm³/mol. The SMILES string of the molecule is COc1ccc(C(=O)Cc2sc(Nc3ccc(N)nc3)nc2C(N)=O)cc1. The van der Waals surface area contributed by atoms with Crippen molar-refractivity contribution in [2.24, 2.45) is 5.73 Å². The summed E-state index contributed by atoms with van der Waals surface area (Å²) in [5.74, 6) is 0.214. The van der Waals surface area contributed by atoms with Gasteiger partial charge >= 0.3 is 0 Å². The molecule has 0 bridgehead atoms. The minimum atomic E-state index is -0.688. The monoisotopic (exact) mass is 383 g/mol. The van der Waals surface area contributed by atoms with Crippen molar-refractivity contribution in [1.82, 2.24) is 9.97 Å². The fraction of sp³-hybridized carbons (Fsp3) is 0.111. The molecular formula is C18H17N5O3S. The Hall–Kier alpha value is -3.46. The summed E-state index contributed by atoms with van der Waals surface area (Å²) >= 11 is 1.19. The van der Waals surface area contributed by atoms with E-state index in [0.29, 0.717) is 32.8 Å². The van der Waals surface area contributed by atoms with Crippen LogP contribution in [0.5, 0.6) is 5.75 Å². The van der Waals surface area contributed by atoms with Gasteiger partial charge in [-0.2, -0.15) is 0 Å². The Balaban J connectivity index is 1.81. The van der Waals surface area contributed by atoms with Crippen molar-refractivity contribution in [2.75, 3.05) is 18.2 Å². The molecule has 0 fully saturated rings. The van der Waals surface area contributed by atoms with Gasteiger partial charge in [0, 0.05) is 16.9 Å². The van der Waals surface area contributed by atoms with Crippen LogP contribution in [-0.2, 0) is 6.42 Å². The second kappa shape index (κ2) is 7.83. The summed E-state index contributed by atoms with van der Waals surface area (Å²) in [5.41, 5.74) is 12.2. The lowest BCUT2D eigenvalue weighted by molar-refractivity contribution is 0.0991. The van der Waals surface area contributed by atoms with Crippen LogP contribution in [0.3, 0.4) is 0 Å². The third kappa shape index (κ3) is 4.39. The van der Waals surface area contributed by atoms with Crippen LogP contribution in [-0.4, -0.2) is 28.8 Å². The van der Waals surface area contributed by atoms with E-state index < -0.39 is 5.91 Å². The number of nitrogens with one attached hydrogen (secondary N) is 1. The number of carbonyl (C=O) groups excluding carboxylic acids is 2. The number of Topliss-reactive ketones (excluding diaryl/α,β-unsaturated/α-hetero) is 1. The standard InChI is InChI=1S/C18H17N5O3S/c1-26-12-5-2-10(3-6-12)13(24)8-14-16(17(20)25)23-18(27-14)22-11-4-7-15(19)21-9-11/h2-7,9H,8H2,1H3,(H2,19,21)(H2,20,25)(H,22,23). The zero-order valence-electron chi connectivity index (χ0n) is 14.4. The van der Waals surface area contributed by atoms with Crippen LogP contribution < -0.4 is 21.5 Å². The van der Waals surface area contributed by atoms with Gasteiger partial charge in [-0.25, -0.2) is 9.97 Å². The average Bonchev–Trinajstić information content (AvgIpc) is 3.06. The van der Waals surface area contributed by atoms with E-state index >= 15 is 0 Å². The number of methoxy groups -OCH3 is 1. The van der Waals surface area contributed by atoms with Crippen LogP contribution in [0, 0.1) is 0 Å². The topological polar surface area (TPSA) is 133 Å². The molecule has 138 valence electrons. The van der Waals surface area contributed by atoms with Gasteiger partial charge in [0.15, 0.2) is 10.9 Å². The molecule has 0 saturated heterocycles. The highest BCUT2D eigenvalue weighted by molar-refractivity contribution is 7.16. The van der Waals surface area contributed by atoms with E-state index in [2.05, 4.69) is 15.3 Å². The van der Waals surface area contributed by atoms with Crippen molar-refractivity contribution >= 4 is 39.7 Å². The van der Waals surface area contributed by atoms with Crippen molar-refractivity contribution in [3.8, 4) is 5.75 Å². The first-order valence-corrected chi connectivity index (χ1v) is 8.73. The molecule has 2 aromatic heterocycles. The average molecular weight is 383 g/mol. The normalized spacial score (nSPS) is 10.4. The number of nitrogen functional groups attached to an aromatic ring is 1. The number of nitrogens with zero attached hydrogens (tertiary/aromatic N) is 2.